The molecule has 4 aromatic rings. The second-order valence-electron chi connectivity index (χ2n) is 10.2. The fourth-order valence-electron chi connectivity index (χ4n) is 4.37. The highest BCUT2D eigenvalue weighted by Gasteiger charge is 2.43. The van der Waals surface area contributed by atoms with Crippen LogP contribution in [0, 0.1) is 10.8 Å². The van der Waals surface area contributed by atoms with Crippen LogP contribution >= 0.6 is 0 Å². The van der Waals surface area contributed by atoms with Gasteiger partial charge < -0.3 is 9.47 Å². The van der Waals surface area contributed by atoms with Gasteiger partial charge in [0.05, 0.1) is 22.2 Å². The van der Waals surface area contributed by atoms with Gasteiger partial charge in [0.25, 0.3) is 0 Å². The molecule has 2 heterocycles. The quantitative estimate of drug-likeness (QED) is 0.176. The van der Waals surface area contributed by atoms with Gasteiger partial charge in [-0.2, -0.15) is 0 Å². The normalized spacial score (nSPS) is 12.8. The van der Waals surface area contributed by atoms with Crippen molar-refractivity contribution in [1.29, 1.82) is 0 Å². The van der Waals surface area contributed by atoms with Gasteiger partial charge >= 0.3 is 11.9 Å². The summed E-state index contributed by atoms with van der Waals surface area (Å²) in [5.74, 6) is 0.0550. The van der Waals surface area contributed by atoms with E-state index in [1.54, 1.807) is 50.5 Å². The molecule has 6 nitrogen and oxygen atoms in total. The Morgan fingerprint density at radius 1 is 0.684 bits per heavy atom. The Labute approximate surface area is 223 Å². The Morgan fingerprint density at radius 3 is 1.63 bits per heavy atom. The molecule has 2 aromatic carbocycles. The zero-order chi connectivity index (χ0) is 27.2. The summed E-state index contributed by atoms with van der Waals surface area (Å²) in [6.07, 6.45) is 4.19. The fraction of sp³-hybridized carbons (Fsp3) is 0.250. The molecular formula is C32H32N2O4. The van der Waals surface area contributed by atoms with E-state index >= 15 is 0 Å². The molecule has 194 valence electrons. The van der Waals surface area contributed by atoms with Gasteiger partial charge in [-0.3, -0.25) is 19.6 Å². The van der Waals surface area contributed by atoms with Crippen LogP contribution in [0.25, 0.3) is 22.5 Å². The van der Waals surface area contributed by atoms with E-state index in [0.29, 0.717) is 17.9 Å². The van der Waals surface area contributed by atoms with Crippen molar-refractivity contribution < 1.29 is 19.1 Å². The van der Waals surface area contributed by atoms with Gasteiger partial charge in [0.2, 0.25) is 0 Å². The lowest BCUT2D eigenvalue weighted by Gasteiger charge is -2.33. The highest BCUT2D eigenvalue weighted by molar-refractivity contribution is 5.83. The number of hydrogen-bond acceptors (Lipinski definition) is 6. The summed E-state index contributed by atoms with van der Waals surface area (Å²) in [7, 11) is 0. The van der Waals surface area contributed by atoms with Gasteiger partial charge in [-0.1, -0.05) is 43.3 Å². The molecule has 0 N–H and O–H groups in total. The predicted octanol–water partition coefficient (Wildman–Crippen LogP) is 7.15. The number of benzene rings is 2. The number of esters is 2. The van der Waals surface area contributed by atoms with Crippen LogP contribution < -0.4 is 9.47 Å². The molecule has 1 atom stereocenters. The third-order valence-electron chi connectivity index (χ3n) is 6.67. The zero-order valence-corrected chi connectivity index (χ0v) is 22.2. The van der Waals surface area contributed by atoms with Crippen LogP contribution in [0.15, 0.2) is 97.3 Å². The Kier molecular flexibility index (Phi) is 8.01. The van der Waals surface area contributed by atoms with Crippen LogP contribution in [0.1, 0.15) is 40.5 Å². The molecule has 0 saturated heterocycles. The molecular weight excluding hydrogens is 476 g/mol. The molecule has 0 aliphatic heterocycles. The lowest BCUT2D eigenvalue weighted by Crippen LogP contribution is -2.40. The summed E-state index contributed by atoms with van der Waals surface area (Å²) in [6, 6.07) is 25.9. The highest BCUT2D eigenvalue weighted by atomic mass is 16.5. The third kappa shape index (κ3) is 6.32. The summed E-state index contributed by atoms with van der Waals surface area (Å²) >= 11 is 0. The minimum Gasteiger partial charge on any atom is -0.426 e. The molecule has 0 spiro atoms. The molecule has 0 aliphatic carbocycles. The fourth-order valence-corrected chi connectivity index (χ4v) is 4.37. The monoisotopic (exact) mass is 508 g/mol. The van der Waals surface area contributed by atoms with Gasteiger partial charge in [-0.05, 0) is 82.1 Å². The maximum atomic E-state index is 13.4. The minimum absolute atomic E-state index is 0.258. The average molecular weight is 509 g/mol. The van der Waals surface area contributed by atoms with Gasteiger partial charge in [0, 0.05) is 23.5 Å². The van der Waals surface area contributed by atoms with E-state index in [9.17, 15) is 9.59 Å². The molecule has 0 fully saturated rings. The second kappa shape index (κ2) is 11.4. The van der Waals surface area contributed by atoms with Gasteiger partial charge in [-0.15, -0.1) is 0 Å². The first-order valence-electron chi connectivity index (χ1n) is 12.7. The molecule has 4 rings (SSSR count). The molecule has 0 aliphatic rings. The molecule has 0 radical (unpaired) electrons. The maximum Gasteiger partial charge on any atom is 0.317 e. The lowest BCUT2D eigenvalue weighted by atomic mass is 9.72. The Bertz CT molecular complexity index is 1400. The third-order valence-corrected chi connectivity index (χ3v) is 6.67. The van der Waals surface area contributed by atoms with Crippen LogP contribution in [0.5, 0.6) is 11.5 Å². The summed E-state index contributed by atoms with van der Waals surface area (Å²) in [5, 5.41) is 0. The van der Waals surface area contributed by atoms with E-state index in [4.69, 9.17) is 9.47 Å². The maximum absolute atomic E-state index is 13.4. The van der Waals surface area contributed by atoms with Crippen LogP contribution in [-0.2, 0) is 9.59 Å². The molecule has 0 bridgehead atoms. The van der Waals surface area contributed by atoms with Crippen molar-refractivity contribution in [1.82, 2.24) is 9.97 Å². The second-order valence-corrected chi connectivity index (χ2v) is 10.2. The first kappa shape index (κ1) is 26.7. The number of carbonyl (C=O) groups is 2. The van der Waals surface area contributed by atoms with Crippen LogP contribution in [0.2, 0.25) is 0 Å². The number of rotatable bonds is 9. The van der Waals surface area contributed by atoms with Crippen LogP contribution in [-0.4, -0.2) is 21.9 Å². The smallest absolute Gasteiger partial charge is 0.317 e. The number of ether oxygens (including phenoxy) is 2. The van der Waals surface area contributed by atoms with Crippen molar-refractivity contribution >= 4 is 11.9 Å². The van der Waals surface area contributed by atoms with E-state index in [1.165, 1.54) is 0 Å². The first-order valence-corrected chi connectivity index (χ1v) is 12.7. The topological polar surface area (TPSA) is 78.4 Å². The molecule has 2 aromatic heterocycles. The summed E-state index contributed by atoms with van der Waals surface area (Å²) in [5.41, 5.74) is 1.44. The molecule has 0 saturated carbocycles. The standard InChI is InChI=1S/C32H32N2O4/c1-5-32(4,30(36)38-26-15-11-13-24(21-26)28-17-7-9-19-34-28)22-31(2,3)29(35)37-25-14-10-12-23(20-25)27-16-6-8-18-33-27/h6-21H,5,22H2,1-4H3. The number of carbonyl (C=O) groups excluding carboxylic acids is 2. The van der Waals surface area contributed by atoms with E-state index in [2.05, 4.69) is 9.97 Å². The number of pyridine rings is 2. The highest BCUT2D eigenvalue weighted by Crippen LogP contribution is 2.39. The zero-order valence-electron chi connectivity index (χ0n) is 22.2. The number of aromatic nitrogens is 2. The summed E-state index contributed by atoms with van der Waals surface area (Å²) in [6.45, 7) is 7.33. The van der Waals surface area contributed by atoms with E-state index in [1.807, 2.05) is 74.5 Å². The lowest BCUT2D eigenvalue weighted by molar-refractivity contribution is -0.152. The largest absolute Gasteiger partial charge is 0.426 e. The summed E-state index contributed by atoms with van der Waals surface area (Å²) < 4.78 is 11.6. The average Bonchev–Trinajstić information content (AvgIpc) is 2.94. The Balaban J connectivity index is 1.46. The molecule has 38 heavy (non-hydrogen) atoms. The SMILES string of the molecule is CCC(C)(CC(C)(C)C(=O)Oc1cccc(-c2ccccn2)c1)C(=O)Oc1cccc(-c2ccccn2)c1. The van der Waals surface area contributed by atoms with E-state index in [0.717, 1.165) is 22.5 Å². The van der Waals surface area contributed by atoms with Gasteiger partial charge in [0.15, 0.2) is 0 Å². The van der Waals surface area contributed by atoms with Crippen molar-refractivity contribution in [3.63, 3.8) is 0 Å². The number of hydrogen-bond donors (Lipinski definition) is 0. The first-order chi connectivity index (χ1) is 18.2. The van der Waals surface area contributed by atoms with E-state index < -0.39 is 22.8 Å². The van der Waals surface area contributed by atoms with Gasteiger partial charge in [-0.25, -0.2) is 0 Å². The summed E-state index contributed by atoms with van der Waals surface area (Å²) in [4.78, 5) is 35.4. The molecule has 6 heteroatoms. The van der Waals surface area contributed by atoms with Crippen molar-refractivity contribution in [3.05, 3.63) is 97.3 Å². The Hall–Kier alpha value is -4.32. The molecule has 1 unspecified atom stereocenters. The minimum atomic E-state index is -0.944. The van der Waals surface area contributed by atoms with Crippen LogP contribution in [0.3, 0.4) is 0 Å². The van der Waals surface area contributed by atoms with E-state index in [-0.39, 0.29) is 6.42 Å². The molecule has 0 amide bonds. The van der Waals surface area contributed by atoms with Crippen molar-refractivity contribution in [2.75, 3.05) is 0 Å². The van der Waals surface area contributed by atoms with Crippen molar-refractivity contribution in [2.24, 2.45) is 10.8 Å². The Morgan fingerprint density at radius 2 is 1.18 bits per heavy atom. The van der Waals surface area contributed by atoms with Crippen molar-refractivity contribution in [3.8, 4) is 34.0 Å². The predicted molar refractivity (Wildman–Crippen MR) is 147 cm³/mol. The van der Waals surface area contributed by atoms with Gasteiger partial charge in [0.1, 0.15) is 11.5 Å². The van der Waals surface area contributed by atoms with Crippen molar-refractivity contribution in [2.45, 2.75) is 40.5 Å². The number of nitrogens with zero attached hydrogens (tertiary/aromatic N) is 2. The van der Waals surface area contributed by atoms with Crippen LogP contribution in [0.4, 0.5) is 0 Å².